The maximum absolute atomic E-state index is 12.9. The number of esters is 1. The monoisotopic (exact) mass is 373 g/mol. The van der Waals surface area contributed by atoms with Crippen molar-refractivity contribution in [3.63, 3.8) is 0 Å². The Labute approximate surface area is 158 Å². The quantitative estimate of drug-likeness (QED) is 0.716. The number of nitrogens with one attached hydrogen (secondary N) is 1. The molecule has 0 aromatic heterocycles. The Morgan fingerprint density at radius 2 is 1.78 bits per heavy atom. The summed E-state index contributed by atoms with van der Waals surface area (Å²) in [5.41, 5.74) is 1.06. The van der Waals surface area contributed by atoms with Gasteiger partial charge in [0.05, 0.1) is 12.2 Å². The standard InChI is InChI=1S/C21H24FNO4/c1-14(2)13-26-19-6-4-5-17(11-19)21(25)27-15(3)20(24)23-12-16-7-9-18(22)10-8-16/h4-11,14-15H,12-13H2,1-3H3,(H,23,24)/t15-/m1/s1. The molecule has 0 bridgehead atoms. The number of ether oxygens (including phenoxy) is 2. The minimum Gasteiger partial charge on any atom is -0.493 e. The average Bonchev–Trinajstić information content (AvgIpc) is 2.65. The molecule has 6 heteroatoms. The third-order valence-electron chi connectivity index (χ3n) is 3.69. The van der Waals surface area contributed by atoms with Gasteiger partial charge in [0.25, 0.3) is 5.91 Å². The molecule has 2 rings (SSSR count). The molecule has 1 N–H and O–H groups in total. The van der Waals surface area contributed by atoms with Gasteiger partial charge < -0.3 is 14.8 Å². The van der Waals surface area contributed by atoms with Crippen LogP contribution in [0.25, 0.3) is 0 Å². The highest BCUT2D eigenvalue weighted by molar-refractivity contribution is 5.92. The van der Waals surface area contributed by atoms with Crippen molar-refractivity contribution in [1.82, 2.24) is 5.32 Å². The van der Waals surface area contributed by atoms with E-state index in [1.54, 1.807) is 36.4 Å². The van der Waals surface area contributed by atoms with E-state index in [4.69, 9.17) is 9.47 Å². The van der Waals surface area contributed by atoms with Crippen LogP contribution in [0.3, 0.4) is 0 Å². The summed E-state index contributed by atoms with van der Waals surface area (Å²) in [6, 6.07) is 12.5. The second kappa shape index (κ2) is 9.71. The first-order chi connectivity index (χ1) is 12.8. The Hall–Kier alpha value is -2.89. The minimum atomic E-state index is -0.960. The predicted molar refractivity (Wildman–Crippen MR) is 99.9 cm³/mol. The van der Waals surface area contributed by atoms with Gasteiger partial charge in [-0.05, 0) is 48.7 Å². The van der Waals surface area contributed by atoms with Crippen molar-refractivity contribution in [1.29, 1.82) is 0 Å². The van der Waals surface area contributed by atoms with Crippen molar-refractivity contribution in [2.24, 2.45) is 5.92 Å². The summed E-state index contributed by atoms with van der Waals surface area (Å²) >= 11 is 0. The summed E-state index contributed by atoms with van der Waals surface area (Å²) in [7, 11) is 0. The van der Waals surface area contributed by atoms with Crippen LogP contribution in [0, 0.1) is 11.7 Å². The summed E-state index contributed by atoms with van der Waals surface area (Å²) in [5.74, 6) is -0.432. The fraction of sp³-hybridized carbons (Fsp3) is 0.333. The van der Waals surface area contributed by atoms with Crippen LogP contribution in [0.4, 0.5) is 4.39 Å². The molecule has 1 amide bonds. The normalized spacial score (nSPS) is 11.7. The maximum atomic E-state index is 12.9. The molecule has 0 saturated carbocycles. The van der Waals surface area contributed by atoms with Gasteiger partial charge >= 0.3 is 5.97 Å². The smallest absolute Gasteiger partial charge is 0.339 e. The zero-order valence-electron chi connectivity index (χ0n) is 15.7. The zero-order chi connectivity index (χ0) is 19.8. The first kappa shape index (κ1) is 20.4. The molecule has 0 spiro atoms. The minimum absolute atomic E-state index is 0.222. The highest BCUT2D eigenvalue weighted by Crippen LogP contribution is 2.16. The van der Waals surface area contributed by atoms with Gasteiger partial charge in [0, 0.05) is 6.54 Å². The molecule has 0 aliphatic carbocycles. The van der Waals surface area contributed by atoms with E-state index in [9.17, 15) is 14.0 Å². The number of halogens is 1. The molecular formula is C21H24FNO4. The van der Waals surface area contributed by atoms with Gasteiger partial charge in [0.15, 0.2) is 6.10 Å². The van der Waals surface area contributed by atoms with Crippen LogP contribution in [0.1, 0.15) is 36.7 Å². The molecule has 0 aliphatic rings. The van der Waals surface area contributed by atoms with E-state index in [2.05, 4.69) is 5.32 Å². The third-order valence-corrected chi connectivity index (χ3v) is 3.69. The van der Waals surface area contributed by atoms with Gasteiger partial charge in [-0.25, -0.2) is 9.18 Å². The van der Waals surface area contributed by atoms with Crippen LogP contribution in [0.15, 0.2) is 48.5 Å². The van der Waals surface area contributed by atoms with E-state index in [1.165, 1.54) is 19.1 Å². The molecule has 144 valence electrons. The van der Waals surface area contributed by atoms with Crippen molar-refractivity contribution < 1.29 is 23.5 Å². The number of carbonyl (C=O) groups excluding carboxylic acids is 2. The first-order valence-electron chi connectivity index (χ1n) is 8.81. The SMILES string of the molecule is CC(C)COc1cccc(C(=O)O[C@H](C)C(=O)NCc2ccc(F)cc2)c1. The van der Waals surface area contributed by atoms with Crippen LogP contribution in [-0.2, 0) is 16.1 Å². The van der Waals surface area contributed by atoms with E-state index < -0.39 is 18.0 Å². The Balaban J connectivity index is 1.87. The molecule has 2 aromatic carbocycles. The third kappa shape index (κ3) is 6.73. The van der Waals surface area contributed by atoms with E-state index in [0.29, 0.717) is 23.8 Å². The second-order valence-electron chi connectivity index (χ2n) is 6.62. The lowest BCUT2D eigenvalue weighted by Crippen LogP contribution is -2.35. The highest BCUT2D eigenvalue weighted by atomic mass is 19.1. The van der Waals surface area contributed by atoms with Crippen molar-refractivity contribution in [3.05, 3.63) is 65.5 Å². The lowest BCUT2D eigenvalue weighted by Gasteiger charge is -2.14. The Morgan fingerprint density at radius 3 is 2.44 bits per heavy atom. The van der Waals surface area contributed by atoms with Crippen LogP contribution in [0.5, 0.6) is 5.75 Å². The summed E-state index contributed by atoms with van der Waals surface area (Å²) in [5, 5.41) is 2.66. The Morgan fingerprint density at radius 1 is 1.07 bits per heavy atom. The van der Waals surface area contributed by atoms with Crippen molar-refractivity contribution >= 4 is 11.9 Å². The molecule has 0 fully saturated rings. The van der Waals surface area contributed by atoms with Gasteiger partial charge in [-0.2, -0.15) is 0 Å². The number of carbonyl (C=O) groups is 2. The lowest BCUT2D eigenvalue weighted by molar-refractivity contribution is -0.129. The van der Waals surface area contributed by atoms with Crippen molar-refractivity contribution in [2.45, 2.75) is 33.4 Å². The van der Waals surface area contributed by atoms with Gasteiger partial charge in [-0.15, -0.1) is 0 Å². The summed E-state index contributed by atoms with van der Waals surface area (Å²) in [6.07, 6.45) is -0.960. The molecule has 0 heterocycles. The molecule has 2 aromatic rings. The summed E-state index contributed by atoms with van der Waals surface area (Å²) < 4.78 is 23.7. The largest absolute Gasteiger partial charge is 0.493 e. The molecule has 1 atom stereocenters. The molecule has 27 heavy (non-hydrogen) atoms. The van der Waals surface area contributed by atoms with E-state index >= 15 is 0 Å². The number of rotatable bonds is 8. The molecule has 0 aliphatic heterocycles. The van der Waals surface area contributed by atoms with E-state index in [0.717, 1.165) is 5.56 Å². The summed E-state index contributed by atoms with van der Waals surface area (Å²) in [6.45, 7) is 6.33. The fourth-order valence-corrected chi connectivity index (χ4v) is 2.19. The van der Waals surface area contributed by atoms with E-state index in [-0.39, 0.29) is 12.4 Å². The average molecular weight is 373 g/mol. The number of hydrogen-bond acceptors (Lipinski definition) is 4. The molecular weight excluding hydrogens is 349 g/mol. The van der Waals surface area contributed by atoms with Gasteiger partial charge in [-0.3, -0.25) is 4.79 Å². The predicted octanol–water partition coefficient (Wildman–Crippen LogP) is 3.72. The molecule has 0 unspecified atom stereocenters. The zero-order valence-corrected chi connectivity index (χ0v) is 15.7. The fourth-order valence-electron chi connectivity index (χ4n) is 2.19. The van der Waals surface area contributed by atoms with Crippen molar-refractivity contribution in [2.75, 3.05) is 6.61 Å². The van der Waals surface area contributed by atoms with Gasteiger partial charge in [-0.1, -0.05) is 32.0 Å². The maximum Gasteiger partial charge on any atom is 0.339 e. The molecule has 5 nitrogen and oxygen atoms in total. The first-order valence-corrected chi connectivity index (χ1v) is 8.81. The number of hydrogen-bond donors (Lipinski definition) is 1. The van der Waals surface area contributed by atoms with E-state index in [1.807, 2.05) is 13.8 Å². The van der Waals surface area contributed by atoms with Gasteiger partial charge in [0.1, 0.15) is 11.6 Å². The topological polar surface area (TPSA) is 64.6 Å². The van der Waals surface area contributed by atoms with Crippen molar-refractivity contribution in [3.8, 4) is 5.75 Å². The van der Waals surface area contributed by atoms with Crippen LogP contribution in [0.2, 0.25) is 0 Å². The van der Waals surface area contributed by atoms with Crippen LogP contribution >= 0.6 is 0 Å². The van der Waals surface area contributed by atoms with Crippen LogP contribution in [-0.4, -0.2) is 24.6 Å². The molecule has 0 saturated heterocycles. The lowest BCUT2D eigenvalue weighted by atomic mass is 10.2. The number of benzene rings is 2. The summed E-state index contributed by atoms with van der Waals surface area (Å²) in [4.78, 5) is 24.4. The molecule has 0 radical (unpaired) electrons. The second-order valence-corrected chi connectivity index (χ2v) is 6.62. The Bertz CT molecular complexity index is 774. The van der Waals surface area contributed by atoms with Crippen LogP contribution < -0.4 is 10.1 Å². The number of amides is 1. The Kier molecular flexibility index (Phi) is 7.34. The van der Waals surface area contributed by atoms with Gasteiger partial charge in [0.2, 0.25) is 0 Å². The highest BCUT2D eigenvalue weighted by Gasteiger charge is 2.19.